The lowest BCUT2D eigenvalue weighted by Gasteiger charge is -2.21. The summed E-state index contributed by atoms with van der Waals surface area (Å²) in [6.07, 6.45) is 5.81. The Kier molecular flexibility index (Phi) is 5.71. The number of hydrogen-bond acceptors (Lipinski definition) is 4. The first-order valence-corrected chi connectivity index (χ1v) is 11.4. The molecule has 0 saturated heterocycles. The van der Waals surface area contributed by atoms with Gasteiger partial charge in [-0.2, -0.15) is 4.99 Å². The Morgan fingerprint density at radius 2 is 2.03 bits per heavy atom. The van der Waals surface area contributed by atoms with Gasteiger partial charge < -0.3 is 9.42 Å². The second kappa shape index (κ2) is 8.68. The van der Waals surface area contributed by atoms with Crippen LogP contribution in [0, 0.1) is 12.7 Å². The summed E-state index contributed by atoms with van der Waals surface area (Å²) in [5.41, 5.74) is 1.76. The maximum absolute atomic E-state index is 14.6. The number of aryl methyl sites for hydroxylation is 1. The van der Waals surface area contributed by atoms with Gasteiger partial charge in [0.25, 0.3) is 5.91 Å². The fraction of sp³-hybridized carbons (Fsp3) is 0.0833. The van der Waals surface area contributed by atoms with Crippen molar-refractivity contribution in [1.82, 2.24) is 10.1 Å². The van der Waals surface area contributed by atoms with Crippen LogP contribution in [-0.2, 0) is 6.54 Å². The molecule has 2 aliphatic heterocycles. The average Bonchev–Trinajstić information content (AvgIpc) is 3.08. The first-order chi connectivity index (χ1) is 15.9. The fourth-order valence-electron chi connectivity index (χ4n) is 3.72. The first kappa shape index (κ1) is 21.7. The predicted octanol–water partition coefficient (Wildman–Crippen LogP) is 6.09. The molecule has 1 amide bonds. The molecule has 0 bridgehead atoms. The summed E-state index contributed by atoms with van der Waals surface area (Å²) in [4.78, 5) is 24.4. The second-order valence-corrected chi connectivity index (χ2v) is 9.05. The number of rotatable bonds is 2. The number of benzene rings is 2. The van der Waals surface area contributed by atoms with Crippen LogP contribution in [0.3, 0.4) is 0 Å². The molecule has 5 rings (SSSR count). The van der Waals surface area contributed by atoms with Gasteiger partial charge in [0.1, 0.15) is 28.7 Å². The minimum atomic E-state index is -0.643. The lowest BCUT2D eigenvalue weighted by atomic mass is 10.0. The highest BCUT2D eigenvalue weighted by atomic mass is 127. The molecule has 0 saturated carbocycles. The molecule has 0 fully saturated rings. The van der Waals surface area contributed by atoms with Crippen molar-refractivity contribution in [3.05, 3.63) is 97.7 Å². The number of allylic oxidation sites excluding steroid dienone is 2. The maximum atomic E-state index is 14.6. The minimum absolute atomic E-state index is 0.00625. The standard InChI is InChI=1S/C24H15ClFIN4O2/c1-13-20(22(30-33-13)21-17(25)7-4-8-18(21)26)24(32)29-23-16-6-3-2-5-14(16)11-31-12-15(27)9-10-19(31)28-23/h2-10,12H,11H2,1H3. The number of carbonyl (C=O) groups excluding carboxylic acids is 1. The fourth-order valence-corrected chi connectivity index (χ4v) is 4.49. The van der Waals surface area contributed by atoms with Crippen molar-refractivity contribution in [2.75, 3.05) is 0 Å². The van der Waals surface area contributed by atoms with Crippen LogP contribution in [0.2, 0.25) is 5.02 Å². The summed E-state index contributed by atoms with van der Waals surface area (Å²) in [6.45, 7) is 2.16. The number of amidine groups is 2. The van der Waals surface area contributed by atoms with E-state index in [1.54, 1.807) is 6.92 Å². The van der Waals surface area contributed by atoms with Gasteiger partial charge in [0.15, 0.2) is 5.84 Å². The molecule has 164 valence electrons. The Hall–Kier alpha value is -3.11. The molecule has 0 aliphatic carbocycles. The lowest BCUT2D eigenvalue weighted by Crippen LogP contribution is -2.24. The third-order valence-corrected chi connectivity index (χ3v) is 6.22. The monoisotopic (exact) mass is 572 g/mol. The molecule has 9 heteroatoms. The molecule has 6 nitrogen and oxygen atoms in total. The van der Waals surface area contributed by atoms with E-state index < -0.39 is 11.7 Å². The molecule has 2 aromatic carbocycles. The van der Waals surface area contributed by atoms with Crippen LogP contribution in [0.25, 0.3) is 11.3 Å². The molecule has 0 N–H and O–H groups in total. The van der Waals surface area contributed by atoms with Gasteiger partial charge in [0, 0.05) is 21.9 Å². The van der Waals surface area contributed by atoms with Crippen LogP contribution in [-0.4, -0.2) is 27.6 Å². The Balaban J connectivity index is 1.65. The quantitative estimate of drug-likeness (QED) is 0.349. The zero-order valence-electron chi connectivity index (χ0n) is 17.2. The molecular formula is C24H15ClFIN4O2. The number of carbonyl (C=O) groups is 1. The highest BCUT2D eigenvalue weighted by Crippen LogP contribution is 2.34. The van der Waals surface area contributed by atoms with Gasteiger partial charge in [0.2, 0.25) is 0 Å². The molecule has 33 heavy (non-hydrogen) atoms. The zero-order chi connectivity index (χ0) is 23.1. The normalized spacial score (nSPS) is 16.1. The molecule has 0 unspecified atom stereocenters. The molecule has 0 atom stereocenters. The Morgan fingerprint density at radius 1 is 1.21 bits per heavy atom. The number of fused-ring (bicyclic) bond motifs is 2. The summed E-state index contributed by atoms with van der Waals surface area (Å²) in [5, 5.41) is 4.03. The van der Waals surface area contributed by atoms with E-state index in [1.807, 2.05) is 47.5 Å². The topological polar surface area (TPSA) is 71.1 Å². The molecule has 0 radical (unpaired) electrons. The third-order valence-electron chi connectivity index (χ3n) is 5.27. The van der Waals surface area contributed by atoms with E-state index in [0.29, 0.717) is 12.4 Å². The van der Waals surface area contributed by atoms with E-state index in [1.165, 1.54) is 18.2 Å². The molecule has 2 aliphatic rings. The van der Waals surface area contributed by atoms with E-state index in [2.05, 4.69) is 37.7 Å². The van der Waals surface area contributed by atoms with Gasteiger partial charge in [-0.25, -0.2) is 9.38 Å². The van der Waals surface area contributed by atoms with Gasteiger partial charge >= 0.3 is 0 Å². The number of aromatic nitrogens is 1. The van der Waals surface area contributed by atoms with Crippen molar-refractivity contribution >= 4 is 51.8 Å². The highest BCUT2D eigenvalue weighted by Gasteiger charge is 2.27. The van der Waals surface area contributed by atoms with Crippen molar-refractivity contribution in [3.8, 4) is 11.3 Å². The zero-order valence-corrected chi connectivity index (χ0v) is 20.1. The van der Waals surface area contributed by atoms with E-state index in [4.69, 9.17) is 16.1 Å². The molecule has 1 aromatic heterocycles. The molecule has 0 spiro atoms. The Morgan fingerprint density at radius 3 is 2.85 bits per heavy atom. The predicted molar refractivity (Wildman–Crippen MR) is 133 cm³/mol. The third kappa shape index (κ3) is 4.04. The first-order valence-electron chi connectivity index (χ1n) is 9.95. The van der Waals surface area contributed by atoms with Crippen molar-refractivity contribution in [2.24, 2.45) is 9.98 Å². The van der Waals surface area contributed by atoms with Crippen molar-refractivity contribution in [3.63, 3.8) is 0 Å². The smallest absolute Gasteiger partial charge is 0.284 e. The van der Waals surface area contributed by atoms with Crippen LogP contribution >= 0.6 is 34.2 Å². The summed E-state index contributed by atoms with van der Waals surface area (Å²) in [5.74, 6) is -0.116. The summed E-state index contributed by atoms with van der Waals surface area (Å²) in [7, 11) is 0. The average molecular weight is 573 g/mol. The van der Waals surface area contributed by atoms with Crippen LogP contribution in [0.1, 0.15) is 27.2 Å². The van der Waals surface area contributed by atoms with Crippen molar-refractivity contribution in [1.29, 1.82) is 0 Å². The van der Waals surface area contributed by atoms with Crippen molar-refractivity contribution < 1.29 is 13.7 Å². The van der Waals surface area contributed by atoms with Gasteiger partial charge in [-0.15, -0.1) is 0 Å². The Bertz CT molecular complexity index is 1400. The molecular weight excluding hydrogens is 558 g/mol. The van der Waals surface area contributed by atoms with Crippen LogP contribution < -0.4 is 0 Å². The maximum Gasteiger partial charge on any atom is 0.284 e. The van der Waals surface area contributed by atoms with Crippen LogP contribution in [0.5, 0.6) is 0 Å². The van der Waals surface area contributed by atoms with E-state index in [0.717, 1.165) is 14.7 Å². The van der Waals surface area contributed by atoms with E-state index in [-0.39, 0.29) is 33.4 Å². The van der Waals surface area contributed by atoms with Gasteiger partial charge in [0.05, 0.1) is 10.6 Å². The van der Waals surface area contributed by atoms with Crippen molar-refractivity contribution in [2.45, 2.75) is 13.5 Å². The van der Waals surface area contributed by atoms with Crippen LogP contribution in [0.4, 0.5) is 4.39 Å². The number of aliphatic imine (C=N–C) groups is 2. The largest absolute Gasteiger partial charge is 0.360 e. The molecule has 3 heterocycles. The van der Waals surface area contributed by atoms with E-state index in [9.17, 15) is 9.18 Å². The lowest BCUT2D eigenvalue weighted by molar-refractivity contribution is 0.100. The van der Waals surface area contributed by atoms with Gasteiger partial charge in [-0.3, -0.25) is 4.79 Å². The SMILES string of the molecule is Cc1onc(-c2c(F)cccc2Cl)c1C(=O)N=C1N=C2C=CC(I)=CN2Cc2ccccc21. The summed E-state index contributed by atoms with van der Waals surface area (Å²) in [6, 6.07) is 11.9. The summed E-state index contributed by atoms with van der Waals surface area (Å²) >= 11 is 8.45. The highest BCUT2D eigenvalue weighted by molar-refractivity contribution is 14.1. The number of hydrogen-bond donors (Lipinski definition) is 0. The second-order valence-electron chi connectivity index (χ2n) is 7.40. The molecule has 3 aromatic rings. The van der Waals surface area contributed by atoms with E-state index >= 15 is 0 Å². The number of nitrogens with zero attached hydrogens (tertiary/aromatic N) is 4. The number of amides is 1. The number of halogens is 3. The summed E-state index contributed by atoms with van der Waals surface area (Å²) < 4.78 is 20.9. The Labute approximate surface area is 207 Å². The minimum Gasteiger partial charge on any atom is -0.360 e. The van der Waals surface area contributed by atoms with Gasteiger partial charge in [-0.05, 0) is 59.4 Å². The van der Waals surface area contributed by atoms with Crippen LogP contribution in [0.15, 0.2) is 78.9 Å². The van der Waals surface area contributed by atoms with Gasteiger partial charge in [-0.1, -0.05) is 47.1 Å².